The van der Waals surface area contributed by atoms with Crippen LogP contribution in [-0.4, -0.2) is 158 Å². The van der Waals surface area contributed by atoms with Gasteiger partial charge in [0.1, 0.15) is 30.6 Å². The molecule has 0 saturated heterocycles. The van der Waals surface area contributed by atoms with E-state index in [1.165, 1.54) is 110 Å². The second-order valence-corrected chi connectivity index (χ2v) is 21.5. The number of carbonyl (C=O) groups excluding carboxylic acids is 6. The quantitative estimate of drug-likeness (QED) is 0.0385. The standard InChI is InChI=1S/C36H63N5O10.C23H40N4O4/c1-30(42)28-50-25-23-48-21-14-16-33(44)29-51-26-24-49-22-20-37-35(45)19-18-31(36(46)47)27-32(43)15-12-10-8-6-4-2-3-5-7-9-11-13-17-34-38-40-41-39-34;1-19(28)16-17-20(23(30)31)18-21(29)14-12-10-8-6-4-2-3-5-7-9-11-13-15-22-24-26-27-25-22/h31H,2-29H2,1H3,(H,37,45)(H,46,47)(H,38,39,40,41);20H,2-18H2,1H3,(H,30,31)(H,24,25,26,27)/t31-;20-/m11/s1. The smallest absolute Gasteiger partial charge is 0.306 e. The van der Waals surface area contributed by atoms with Crippen LogP contribution in [0.2, 0.25) is 0 Å². The number of aromatic amines is 2. The molecule has 2 rings (SSSR count). The minimum absolute atomic E-state index is 0.00763. The number of carboxylic acids is 2. The van der Waals surface area contributed by atoms with Gasteiger partial charge >= 0.3 is 11.9 Å². The predicted molar refractivity (Wildman–Crippen MR) is 308 cm³/mol. The third-order valence-corrected chi connectivity index (χ3v) is 13.8. The monoisotopic (exact) mass is 1160 g/mol. The molecule has 0 fully saturated rings. The Morgan fingerprint density at radius 3 is 1.20 bits per heavy atom. The van der Waals surface area contributed by atoms with Crippen LogP contribution in [0, 0.1) is 11.8 Å². The Kier molecular flexibility index (Phi) is 49.0. The van der Waals surface area contributed by atoms with Crippen molar-refractivity contribution in [3.8, 4) is 0 Å². The van der Waals surface area contributed by atoms with Crippen LogP contribution in [0.3, 0.4) is 0 Å². The highest BCUT2D eigenvalue weighted by Crippen LogP contribution is 2.19. The average molecular weight is 1160 g/mol. The topological polar surface area (TPSA) is 335 Å². The van der Waals surface area contributed by atoms with Crippen molar-refractivity contribution in [2.75, 3.05) is 59.4 Å². The fourth-order valence-corrected chi connectivity index (χ4v) is 9.02. The molecule has 82 heavy (non-hydrogen) atoms. The number of amides is 1. The van der Waals surface area contributed by atoms with Crippen LogP contribution in [-0.2, 0) is 70.1 Å². The van der Waals surface area contributed by atoms with Crippen LogP contribution in [0.25, 0.3) is 0 Å². The summed E-state index contributed by atoms with van der Waals surface area (Å²) in [5.74, 6) is -2.47. The molecule has 23 heteroatoms. The van der Waals surface area contributed by atoms with Crippen molar-refractivity contribution >= 4 is 46.8 Å². The first kappa shape index (κ1) is 74.8. The number of tetrazole rings is 2. The minimum Gasteiger partial charge on any atom is -0.481 e. The third-order valence-electron chi connectivity index (χ3n) is 13.8. The highest BCUT2D eigenvalue weighted by molar-refractivity contribution is 5.85. The van der Waals surface area contributed by atoms with Gasteiger partial charge < -0.3 is 39.3 Å². The predicted octanol–water partition coefficient (Wildman–Crippen LogP) is 9.22. The molecule has 2 heterocycles. The van der Waals surface area contributed by atoms with Gasteiger partial charge in [0.15, 0.2) is 23.2 Å². The summed E-state index contributed by atoms with van der Waals surface area (Å²) in [5, 5.41) is 49.3. The maximum absolute atomic E-state index is 12.4. The summed E-state index contributed by atoms with van der Waals surface area (Å²) < 4.78 is 21.1. The first-order valence-electron chi connectivity index (χ1n) is 30.8. The van der Waals surface area contributed by atoms with E-state index in [1.54, 1.807) is 0 Å². The Labute approximate surface area is 487 Å². The van der Waals surface area contributed by atoms with E-state index in [-0.39, 0.29) is 113 Å². The zero-order chi connectivity index (χ0) is 59.9. The summed E-state index contributed by atoms with van der Waals surface area (Å²) >= 11 is 0. The van der Waals surface area contributed by atoms with E-state index in [2.05, 4.69) is 46.6 Å². The van der Waals surface area contributed by atoms with Gasteiger partial charge in [0.2, 0.25) is 5.91 Å². The summed E-state index contributed by atoms with van der Waals surface area (Å²) in [6, 6.07) is 0. The normalized spacial score (nSPS) is 11.9. The first-order valence-corrected chi connectivity index (χ1v) is 30.8. The molecule has 0 bridgehead atoms. The molecule has 0 aliphatic heterocycles. The molecule has 0 radical (unpaired) electrons. The largest absolute Gasteiger partial charge is 0.481 e. The van der Waals surface area contributed by atoms with Crippen LogP contribution in [0.5, 0.6) is 0 Å². The van der Waals surface area contributed by atoms with Crippen molar-refractivity contribution in [1.29, 1.82) is 0 Å². The molecule has 0 unspecified atom stereocenters. The number of aliphatic carboxylic acids is 2. The lowest BCUT2D eigenvalue weighted by Gasteiger charge is -2.12. The number of ketones is 5. The second-order valence-electron chi connectivity index (χ2n) is 21.5. The Morgan fingerprint density at radius 2 is 0.793 bits per heavy atom. The molecule has 0 spiro atoms. The number of ether oxygens (including phenoxy) is 4. The first-order chi connectivity index (χ1) is 39.8. The number of nitrogens with zero attached hydrogens (tertiary/aromatic N) is 6. The Balaban J connectivity index is 0.000000924. The highest BCUT2D eigenvalue weighted by Gasteiger charge is 2.23. The van der Waals surface area contributed by atoms with Crippen molar-refractivity contribution in [2.45, 2.75) is 245 Å². The van der Waals surface area contributed by atoms with E-state index in [0.717, 1.165) is 82.3 Å². The number of carboxylic acid groups (broad SMARTS) is 2. The van der Waals surface area contributed by atoms with Crippen molar-refractivity contribution in [3.05, 3.63) is 11.6 Å². The van der Waals surface area contributed by atoms with Crippen LogP contribution in [0.4, 0.5) is 0 Å². The van der Waals surface area contributed by atoms with E-state index in [1.807, 2.05) is 0 Å². The lowest BCUT2D eigenvalue weighted by Crippen LogP contribution is -2.29. The Hall–Kier alpha value is -5.26. The van der Waals surface area contributed by atoms with Crippen LogP contribution in [0.15, 0.2) is 0 Å². The fraction of sp³-hybridized carbons (Fsp3) is 0.831. The number of H-pyrrole nitrogens is 2. The van der Waals surface area contributed by atoms with Gasteiger partial charge in [-0.25, -0.2) is 0 Å². The third kappa shape index (κ3) is 49.4. The van der Waals surface area contributed by atoms with Gasteiger partial charge in [0, 0.05) is 70.9 Å². The van der Waals surface area contributed by atoms with Crippen molar-refractivity contribution in [2.24, 2.45) is 11.8 Å². The molecular weight excluding hydrogens is 1060 g/mol. The number of hydrogen-bond donors (Lipinski definition) is 5. The van der Waals surface area contributed by atoms with Crippen molar-refractivity contribution < 1.29 is 67.5 Å². The summed E-state index contributed by atoms with van der Waals surface area (Å²) in [5.41, 5.74) is 0. The molecule has 2 aromatic rings. The second kappa shape index (κ2) is 53.7. The molecule has 0 aliphatic rings. The lowest BCUT2D eigenvalue weighted by molar-refractivity contribution is -0.144. The number of hydrogen-bond acceptors (Lipinski definition) is 18. The van der Waals surface area contributed by atoms with Gasteiger partial charge in [-0.15, -0.1) is 20.4 Å². The van der Waals surface area contributed by atoms with Crippen molar-refractivity contribution in [3.63, 3.8) is 0 Å². The lowest BCUT2D eigenvalue weighted by atomic mass is 9.94. The van der Waals surface area contributed by atoms with E-state index < -0.39 is 23.8 Å². The Bertz CT molecular complexity index is 1940. The highest BCUT2D eigenvalue weighted by atomic mass is 16.5. The fourth-order valence-electron chi connectivity index (χ4n) is 9.02. The van der Waals surface area contributed by atoms with Gasteiger partial charge in [-0.3, -0.25) is 33.6 Å². The molecule has 5 N–H and O–H groups in total. The number of nitrogens with one attached hydrogen (secondary N) is 3. The molecule has 0 aromatic carbocycles. The number of aryl methyl sites for hydroxylation is 2. The molecular formula is C59H103N9O14. The number of carbonyl (C=O) groups is 8. The van der Waals surface area contributed by atoms with E-state index in [9.17, 15) is 48.6 Å². The molecule has 468 valence electrons. The molecule has 2 aromatic heterocycles. The average Bonchev–Trinajstić information content (AvgIpc) is 4.19. The molecule has 0 aliphatic carbocycles. The van der Waals surface area contributed by atoms with Gasteiger partial charge in [-0.05, 0) is 58.8 Å². The van der Waals surface area contributed by atoms with E-state index in [4.69, 9.17) is 18.9 Å². The maximum atomic E-state index is 12.4. The number of rotatable bonds is 59. The van der Waals surface area contributed by atoms with Crippen LogP contribution < -0.4 is 5.32 Å². The van der Waals surface area contributed by atoms with Gasteiger partial charge in [0.05, 0.1) is 44.9 Å². The number of unbranched alkanes of at least 4 members (excludes halogenated alkanes) is 22. The van der Waals surface area contributed by atoms with E-state index >= 15 is 0 Å². The summed E-state index contributed by atoms with van der Waals surface area (Å²) in [4.78, 5) is 93.1. The van der Waals surface area contributed by atoms with E-state index in [0.29, 0.717) is 45.5 Å². The molecule has 23 nitrogen and oxygen atoms in total. The SMILES string of the molecule is CC(=O)CC[C@H](CC(=O)CCCCCCCCCCCCCCc1nn[nH]n1)C(=O)O.CC(=O)COCCOCCCC(=O)COCCOCCNC(=O)CC[C@H](CC(=O)CCCCCCCCCCCCCCc1nn[nH]n1)C(=O)O. The molecule has 1 amide bonds. The van der Waals surface area contributed by atoms with Crippen molar-refractivity contribution in [1.82, 2.24) is 46.6 Å². The number of Topliss-reactive ketones (excluding diaryl/α,β-unsaturated/α-hetero) is 5. The summed E-state index contributed by atoms with van der Waals surface area (Å²) in [6.07, 6.45) is 32.1. The number of aromatic nitrogens is 8. The molecule has 0 saturated carbocycles. The maximum Gasteiger partial charge on any atom is 0.306 e. The van der Waals surface area contributed by atoms with Gasteiger partial charge in [0.25, 0.3) is 0 Å². The minimum atomic E-state index is -1.05. The zero-order valence-corrected chi connectivity index (χ0v) is 50.0. The Morgan fingerprint density at radius 1 is 0.415 bits per heavy atom. The van der Waals surface area contributed by atoms with Gasteiger partial charge in [-0.2, -0.15) is 10.4 Å². The van der Waals surface area contributed by atoms with Crippen LogP contribution in [0.1, 0.15) is 244 Å². The molecule has 2 atom stereocenters. The summed E-state index contributed by atoms with van der Waals surface area (Å²) in [6.45, 7) is 5.12. The zero-order valence-electron chi connectivity index (χ0n) is 50.0. The summed E-state index contributed by atoms with van der Waals surface area (Å²) in [7, 11) is 0. The van der Waals surface area contributed by atoms with Gasteiger partial charge in [-0.1, -0.05) is 139 Å². The van der Waals surface area contributed by atoms with Crippen LogP contribution >= 0.6 is 0 Å².